The summed E-state index contributed by atoms with van der Waals surface area (Å²) in [6.45, 7) is 2.74. The van der Waals surface area contributed by atoms with Gasteiger partial charge in [0.25, 0.3) is 0 Å². The van der Waals surface area contributed by atoms with Crippen LogP contribution in [0.2, 0.25) is 0 Å². The average Bonchev–Trinajstić information content (AvgIpc) is 3.44. The zero-order chi connectivity index (χ0) is 20.3. The highest BCUT2D eigenvalue weighted by Gasteiger charge is 2.30. The molecule has 4 rings (SSSR count). The summed E-state index contributed by atoms with van der Waals surface area (Å²) in [5, 5.41) is 5.97. The third-order valence-electron chi connectivity index (χ3n) is 4.74. The van der Waals surface area contributed by atoms with Gasteiger partial charge in [-0.3, -0.25) is 4.90 Å². The Morgan fingerprint density at radius 3 is 2.62 bits per heavy atom. The molecule has 0 N–H and O–H groups in total. The highest BCUT2D eigenvalue weighted by atomic mass is 32.1. The van der Waals surface area contributed by atoms with Crippen LogP contribution in [0.3, 0.4) is 0 Å². The van der Waals surface area contributed by atoms with Crippen LogP contribution >= 0.6 is 11.3 Å². The molecule has 1 atom stereocenters. The number of hydrogen-bond acceptors (Lipinski definition) is 6. The van der Waals surface area contributed by atoms with E-state index in [2.05, 4.69) is 21.1 Å². The van der Waals surface area contributed by atoms with Crippen LogP contribution < -0.4 is 0 Å². The van der Waals surface area contributed by atoms with Crippen LogP contribution in [0.5, 0.6) is 0 Å². The van der Waals surface area contributed by atoms with Gasteiger partial charge in [0.05, 0.1) is 18.2 Å². The van der Waals surface area contributed by atoms with Gasteiger partial charge in [-0.2, -0.15) is 18.2 Å². The number of benzene rings is 1. The van der Waals surface area contributed by atoms with Gasteiger partial charge in [0.2, 0.25) is 11.7 Å². The summed E-state index contributed by atoms with van der Waals surface area (Å²) in [7, 11) is 0. The molecule has 2 aromatic heterocycles. The first kappa shape index (κ1) is 20.1. The number of halogens is 3. The van der Waals surface area contributed by atoms with Crippen molar-refractivity contribution >= 4 is 11.3 Å². The lowest BCUT2D eigenvalue weighted by atomic mass is 10.1. The summed E-state index contributed by atoms with van der Waals surface area (Å²) in [5.74, 6) is 0.705. The van der Waals surface area contributed by atoms with Gasteiger partial charge in [-0.15, -0.1) is 11.3 Å². The molecule has 29 heavy (non-hydrogen) atoms. The van der Waals surface area contributed by atoms with Crippen molar-refractivity contribution in [1.29, 1.82) is 0 Å². The van der Waals surface area contributed by atoms with Crippen LogP contribution in [0.25, 0.3) is 11.4 Å². The SMILES string of the molecule is FC(F)(F)c1ccc(-c2noc(CN(Cc3cccs3)CC3CCCO3)n2)cc1. The Labute approximate surface area is 170 Å². The Balaban J connectivity index is 1.46. The fraction of sp³-hybridized carbons (Fsp3) is 0.400. The molecule has 0 bridgehead atoms. The molecule has 0 radical (unpaired) electrons. The van der Waals surface area contributed by atoms with E-state index in [4.69, 9.17) is 9.26 Å². The van der Waals surface area contributed by atoms with Gasteiger partial charge < -0.3 is 9.26 Å². The first-order valence-corrected chi connectivity index (χ1v) is 10.2. The monoisotopic (exact) mass is 423 g/mol. The van der Waals surface area contributed by atoms with Crippen LogP contribution in [0.1, 0.15) is 29.2 Å². The van der Waals surface area contributed by atoms with E-state index in [1.54, 1.807) is 11.3 Å². The number of hydrogen-bond donors (Lipinski definition) is 0. The highest BCUT2D eigenvalue weighted by molar-refractivity contribution is 7.09. The first-order valence-electron chi connectivity index (χ1n) is 9.34. The van der Waals surface area contributed by atoms with E-state index in [9.17, 15) is 13.2 Å². The molecule has 1 aromatic carbocycles. The van der Waals surface area contributed by atoms with Gasteiger partial charge in [0.15, 0.2) is 0 Å². The Bertz CT molecular complexity index is 904. The third-order valence-corrected chi connectivity index (χ3v) is 5.60. The maximum atomic E-state index is 12.7. The Morgan fingerprint density at radius 1 is 1.14 bits per heavy atom. The summed E-state index contributed by atoms with van der Waals surface area (Å²) >= 11 is 1.68. The zero-order valence-electron chi connectivity index (χ0n) is 15.6. The fourth-order valence-corrected chi connectivity index (χ4v) is 4.07. The smallest absolute Gasteiger partial charge is 0.377 e. The lowest BCUT2D eigenvalue weighted by Gasteiger charge is -2.23. The van der Waals surface area contributed by atoms with Gasteiger partial charge >= 0.3 is 6.18 Å². The average molecular weight is 423 g/mol. The van der Waals surface area contributed by atoms with E-state index < -0.39 is 11.7 Å². The quantitative estimate of drug-likeness (QED) is 0.535. The zero-order valence-corrected chi connectivity index (χ0v) is 16.4. The van der Waals surface area contributed by atoms with E-state index in [1.807, 2.05) is 11.4 Å². The van der Waals surface area contributed by atoms with E-state index >= 15 is 0 Å². The number of ether oxygens (including phenoxy) is 1. The standard InChI is InChI=1S/C20H20F3N3O2S/c21-20(22,23)15-7-5-14(6-8-15)19-24-18(28-25-19)13-26(11-16-3-1-9-27-16)12-17-4-2-10-29-17/h2,4-8,10,16H,1,3,9,11-13H2. The highest BCUT2D eigenvalue weighted by Crippen LogP contribution is 2.30. The Morgan fingerprint density at radius 2 is 1.97 bits per heavy atom. The number of thiophene rings is 1. The summed E-state index contributed by atoms with van der Waals surface area (Å²) in [5.41, 5.74) is -0.222. The minimum Gasteiger partial charge on any atom is -0.377 e. The van der Waals surface area contributed by atoms with Crippen molar-refractivity contribution in [2.45, 2.75) is 38.2 Å². The van der Waals surface area contributed by atoms with Crippen LogP contribution in [-0.4, -0.2) is 34.3 Å². The topological polar surface area (TPSA) is 51.4 Å². The lowest BCUT2D eigenvalue weighted by Crippen LogP contribution is -2.31. The first-order chi connectivity index (χ1) is 14.0. The second kappa shape index (κ2) is 8.64. The van der Waals surface area contributed by atoms with Crippen LogP contribution in [0, 0.1) is 0 Å². The van der Waals surface area contributed by atoms with E-state index in [0.29, 0.717) is 18.0 Å². The Kier molecular flexibility index (Phi) is 5.98. The van der Waals surface area contributed by atoms with Gasteiger partial charge in [-0.1, -0.05) is 23.4 Å². The normalized spacial score (nSPS) is 17.3. The van der Waals surface area contributed by atoms with Crippen LogP contribution in [0.15, 0.2) is 46.3 Å². The summed E-state index contributed by atoms with van der Waals surface area (Å²) in [4.78, 5) is 7.81. The van der Waals surface area contributed by atoms with Crippen LogP contribution in [0.4, 0.5) is 13.2 Å². The molecule has 1 aliphatic heterocycles. The van der Waals surface area contributed by atoms with E-state index in [0.717, 1.165) is 44.7 Å². The lowest BCUT2D eigenvalue weighted by molar-refractivity contribution is -0.137. The van der Waals surface area contributed by atoms with Gasteiger partial charge in [-0.05, 0) is 36.4 Å². The maximum absolute atomic E-state index is 12.7. The molecule has 1 saturated heterocycles. The molecule has 0 aliphatic carbocycles. The molecule has 3 heterocycles. The van der Waals surface area contributed by atoms with Crippen molar-refractivity contribution in [2.75, 3.05) is 13.2 Å². The van der Waals surface area contributed by atoms with Gasteiger partial charge in [-0.25, -0.2) is 0 Å². The third kappa shape index (κ3) is 5.23. The molecule has 1 fully saturated rings. The molecular formula is C20H20F3N3O2S. The van der Waals surface area contributed by atoms with Crippen molar-refractivity contribution in [3.63, 3.8) is 0 Å². The van der Waals surface area contributed by atoms with Crippen LogP contribution in [-0.2, 0) is 24.0 Å². The maximum Gasteiger partial charge on any atom is 0.416 e. The molecule has 154 valence electrons. The summed E-state index contributed by atoms with van der Waals surface area (Å²) in [6.07, 6.45) is -2.09. The molecular weight excluding hydrogens is 403 g/mol. The summed E-state index contributed by atoms with van der Waals surface area (Å²) in [6, 6.07) is 8.84. The fourth-order valence-electron chi connectivity index (χ4n) is 3.32. The number of aromatic nitrogens is 2. The second-order valence-electron chi connectivity index (χ2n) is 6.97. The number of nitrogens with zero attached hydrogens (tertiary/aromatic N) is 3. The van der Waals surface area contributed by atoms with Gasteiger partial charge in [0, 0.05) is 30.1 Å². The van der Waals surface area contributed by atoms with Gasteiger partial charge in [0.1, 0.15) is 0 Å². The van der Waals surface area contributed by atoms with Crippen molar-refractivity contribution in [3.8, 4) is 11.4 Å². The molecule has 0 spiro atoms. The summed E-state index contributed by atoms with van der Waals surface area (Å²) < 4.78 is 49.3. The Hall–Kier alpha value is -2.23. The molecule has 1 aliphatic rings. The predicted molar refractivity (Wildman–Crippen MR) is 102 cm³/mol. The molecule has 9 heteroatoms. The van der Waals surface area contributed by atoms with Crippen molar-refractivity contribution in [1.82, 2.24) is 15.0 Å². The number of rotatable bonds is 7. The predicted octanol–water partition coefficient (Wildman–Crippen LogP) is 5.00. The minimum absolute atomic E-state index is 0.187. The second-order valence-corrected chi connectivity index (χ2v) is 8.00. The van der Waals surface area contributed by atoms with E-state index in [-0.39, 0.29) is 11.9 Å². The van der Waals surface area contributed by atoms with E-state index in [1.165, 1.54) is 17.0 Å². The molecule has 5 nitrogen and oxygen atoms in total. The van der Waals surface area contributed by atoms with Crippen molar-refractivity contribution in [2.24, 2.45) is 0 Å². The minimum atomic E-state index is -4.37. The largest absolute Gasteiger partial charge is 0.416 e. The molecule has 1 unspecified atom stereocenters. The van der Waals surface area contributed by atoms with Crippen molar-refractivity contribution in [3.05, 3.63) is 58.1 Å². The van der Waals surface area contributed by atoms with Crippen molar-refractivity contribution < 1.29 is 22.4 Å². The molecule has 3 aromatic rings. The molecule has 0 saturated carbocycles. The number of alkyl halides is 3. The molecule has 0 amide bonds.